The summed E-state index contributed by atoms with van der Waals surface area (Å²) in [7, 11) is 0. The highest BCUT2D eigenvalue weighted by Gasteiger charge is 2.60. The van der Waals surface area contributed by atoms with E-state index in [9.17, 15) is 24.0 Å². The number of esters is 3. The monoisotopic (exact) mass is 815 g/mol. The number of carbonyl (C=O) groups excluding carboxylic acids is 5. The molecule has 3 fully saturated rings. The number of ether oxygens (including phenoxy) is 10. The predicted octanol–water partition coefficient (Wildman–Crippen LogP) is 3.81. The van der Waals surface area contributed by atoms with Crippen molar-refractivity contribution in [2.24, 2.45) is 0 Å². The second-order valence-electron chi connectivity index (χ2n) is 14.2. The fourth-order valence-corrected chi connectivity index (χ4v) is 7.67. The maximum atomic E-state index is 14.1. The second-order valence-corrected chi connectivity index (χ2v) is 14.2. The van der Waals surface area contributed by atoms with Crippen LogP contribution in [0, 0.1) is 0 Å². The number of benzene rings is 3. The van der Waals surface area contributed by atoms with E-state index in [0.717, 1.165) is 24.3 Å². The van der Waals surface area contributed by atoms with Crippen LogP contribution in [0.1, 0.15) is 58.9 Å². The van der Waals surface area contributed by atoms with Crippen LogP contribution in [0.4, 0.5) is 0 Å². The van der Waals surface area contributed by atoms with Crippen molar-refractivity contribution in [1.29, 1.82) is 0 Å². The first-order chi connectivity index (χ1) is 28.5. The summed E-state index contributed by atoms with van der Waals surface area (Å²) in [5.74, 6) is -3.64. The van der Waals surface area contributed by atoms with Gasteiger partial charge in [0.2, 0.25) is 0 Å². The van der Waals surface area contributed by atoms with Gasteiger partial charge in [-0.25, -0.2) is 0 Å². The SMILES string of the molecule is C=CCO[C@@H]1O[C@H](COCc2ccccc2)[C@@H](O[C@@H]2O[C@@H]3COC(c4ccccc4)O[C@@H]3[C@H](OC(C)=O)[C@H]2OC(C)=O)[C@H](OC(C)=O)[C@H]1N1C(=O)c2ccccc2C1=O. The third kappa shape index (κ3) is 9.29. The van der Waals surface area contributed by atoms with Crippen molar-refractivity contribution in [2.45, 2.75) is 95.0 Å². The Bertz CT molecular complexity index is 1960. The summed E-state index contributed by atoms with van der Waals surface area (Å²) in [6.07, 6.45) is -11.2. The highest BCUT2D eigenvalue weighted by atomic mass is 16.8. The number of nitrogens with zero attached hydrogens (tertiary/aromatic N) is 1. The van der Waals surface area contributed by atoms with Gasteiger partial charge in [-0.15, -0.1) is 6.58 Å². The third-order valence-electron chi connectivity index (χ3n) is 10.1. The fraction of sp³-hybridized carbons (Fsp3) is 0.419. The lowest BCUT2D eigenvalue weighted by atomic mass is 9.93. The summed E-state index contributed by atoms with van der Waals surface area (Å²) < 4.78 is 61.9. The average Bonchev–Trinajstić information content (AvgIpc) is 3.47. The van der Waals surface area contributed by atoms with Crippen LogP contribution in [0.2, 0.25) is 0 Å². The van der Waals surface area contributed by atoms with Gasteiger partial charge in [0.25, 0.3) is 11.8 Å². The number of fused-ring (bicyclic) bond motifs is 2. The van der Waals surface area contributed by atoms with E-state index in [4.69, 9.17) is 47.4 Å². The summed E-state index contributed by atoms with van der Waals surface area (Å²) in [6, 6.07) is 23.2. The van der Waals surface area contributed by atoms with Gasteiger partial charge in [0.1, 0.15) is 30.5 Å². The highest BCUT2D eigenvalue weighted by molar-refractivity contribution is 6.21. The molecule has 1 unspecified atom stereocenters. The topological polar surface area (TPSA) is 181 Å². The zero-order valence-corrected chi connectivity index (χ0v) is 32.6. The molecule has 312 valence electrons. The van der Waals surface area contributed by atoms with Gasteiger partial charge in [-0.05, 0) is 17.7 Å². The summed E-state index contributed by atoms with van der Waals surface area (Å²) in [5, 5.41) is 0. The predicted molar refractivity (Wildman–Crippen MR) is 202 cm³/mol. The normalized spacial score (nSPS) is 30.2. The standard InChI is InChI=1S/C43H45NO15/c1-5-20-51-42-33(44-39(48)29-18-12-13-19-30(29)40(44)49)36(53-24(2)45)34(31(56-42)22-50-21-27-14-8-6-9-15-27)59-43-38(55-26(4)47)37(54-25(3)46)35-32(57-43)23-52-41(58-35)28-16-10-7-11-17-28/h5-19,31-38,41-43H,1,20-23H2,2-4H3/t31-,32-,33-,34-,35+,36-,37+,38-,41?,42-,43+/m1/s1. The highest BCUT2D eigenvalue weighted by Crippen LogP contribution is 2.40. The number of hydrogen-bond acceptors (Lipinski definition) is 15. The minimum absolute atomic E-state index is 0.0675. The molecule has 0 saturated carbocycles. The van der Waals surface area contributed by atoms with Crippen molar-refractivity contribution in [1.82, 2.24) is 4.90 Å². The largest absolute Gasteiger partial charge is 0.457 e. The van der Waals surface area contributed by atoms with Gasteiger partial charge >= 0.3 is 17.9 Å². The van der Waals surface area contributed by atoms with E-state index in [1.54, 1.807) is 24.3 Å². The fourth-order valence-electron chi connectivity index (χ4n) is 7.67. The average molecular weight is 816 g/mol. The molecule has 0 aliphatic carbocycles. The minimum Gasteiger partial charge on any atom is -0.457 e. The molecule has 0 radical (unpaired) electrons. The number of rotatable bonds is 14. The Balaban J connectivity index is 1.27. The van der Waals surface area contributed by atoms with Crippen molar-refractivity contribution in [3.63, 3.8) is 0 Å². The lowest BCUT2D eigenvalue weighted by molar-refractivity contribution is -0.382. The van der Waals surface area contributed by atoms with Crippen molar-refractivity contribution < 1.29 is 71.3 Å². The first-order valence-corrected chi connectivity index (χ1v) is 19.1. The van der Waals surface area contributed by atoms with Gasteiger partial charge in [0, 0.05) is 26.3 Å². The maximum Gasteiger partial charge on any atom is 0.303 e. The molecule has 3 saturated heterocycles. The Labute approximate surface area is 340 Å². The quantitative estimate of drug-likeness (QED) is 0.0991. The summed E-state index contributed by atoms with van der Waals surface area (Å²) in [6.45, 7) is 7.03. The second kappa shape index (κ2) is 18.7. The van der Waals surface area contributed by atoms with Gasteiger partial charge in [0.15, 0.2) is 37.2 Å². The summed E-state index contributed by atoms with van der Waals surface area (Å²) in [5.41, 5.74) is 1.77. The molecular formula is C43H45NO15. The molecule has 2 amide bonds. The molecule has 16 nitrogen and oxygen atoms in total. The van der Waals surface area contributed by atoms with Crippen LogP contribution in [-0.4, -0.2) is 116 Å². The maximum absolute atomic E-state index is 14.1. The number of imide groups is 1. The Morgan fingerprint density at radius 1 is 0.729 bits per heavy atom. The molecule has 0 bridgehead atoms. The van der Waals surface area contributed by atoms with Gasteiger partial charge in [-0.3, -0.25) is 28.9 Å². The minimum atomic E-state index is -1.57. The molecule has 4 heterocycles. The van der Waals surface area contributed by atoms with Gasteiger partial charge < -0.3 is 47.4 Å². The molecule has 16 heteroatoms. The smallest absolute Gasteiger partial charge is 0.303 e. The lowest BCUT2D eigenvalue weighted by Gasteiger charge is -2.51. The Hall–Kier alpha value is -5.33. The molecule has 3 aromatic carbocycles. The van der Waals surface area contributed by atoms with E-state index in [2.05, 4.69) is 6.58 Å². The Morgan fingerprint density at radius 2 is 1.32 bits per heavy atom. The van der Waals surface area contributed by atoms with E-state index >= 15 is 0 Å². The molecule has 4 aliphatic heterocycles. The van der Waals surface area contributed by atoms with E-state index in [-0.39, 0.29) is 37.6 Å². The van der Waals surface area contributed by atoms with E-state index in [1.165, 1.54) is 25.1 Å². The van der Waals surface area contributed by atoms with E-state index < -0.39 is 97.4 Å². The molecule has 7 rings (SSSR count). The number of amides is 2. The zero-order chi connectivity index (χ0) is 41.6. The molecule has 3 aromatic rings. The Morgan fingerprint density at radius 3 is 1.95 bits per heavy atom. The zero-order valence-electron chi connectivity index (χ0n) is 32.6. The molecular weight excluding hydrogens is 770 g/mol. The molecule has 4 aliphatic rings. The van der Waals surface area contributed by atoms with Crippen molar-refractivity contribution in [3.8, 4) is 0 Å². The van der Waals surface area contributed by atoms with Crippen LogP contribution in [-0.2, 0) is 68.4 Å². The number of carbonyl (C=O) groups is 5. The first kappa shape index (κ1) is 41.8. The van der Waals surface area contributed by atoms with Crippen molar-refractivity contribution >= 4 is 29.7 Å². The van der Waals surface area contributed by atoms with Crippen LogP contribution in [0.3, 0.4) is 0 Å². The van der Waals surface area contributed by atoms with E-state index in [0.29, 0.717) is 5.56 Å². The summed E-state index contributed by atoms with van der Waals surface area (Å²) >= 11 is 0. The molecule has 59 heavy (non-hydrogen) atoms. The molecule has 0 spiro atoms. The molecule has 0 N–H and O–H groups in total. The number of hydrogen-bond donors (Lipinski definition) is 0. The first-order valence-electron chi connectivity index (χ1n) is 19.1. The van der Waals surface area contributed by atoms with Crippen molar-refractivity contribution in [3.05, 3.63) is 120 Å². The van der Waals surface area contributed by atoms with Gasteiger partial charge in [-0.2, -0.15) is 0 Å². The van der Waals surface area contributed by atoms with Crippen LogP contribution >= 0.6 is 0 Å². The van der Waals surface area contributed by atoms with Gasteiger partial charge in [0.05, 0.1) is 37.6 Å². The summed E-state index contributed by atoms with van der Waals surface area (Å²) in [4.78, 5) is 67.6. The molecule has 11 atom stereocenters. The van der Waals surface area contributed by atoms with Crippen LogP contribution in [0.15, 0.2) is 97.6 Å². The molecule has 0 aromatic heterocycles. The van der Waals surface area contributed by atoms with Crippen LogP contribution in [0.5, 0.6) is 0 Å². The third-order valence-corrected chi connectivity index (χ3v) is 10.1. The Kier molecular flexibility index (Phi) is 13.3. The van der Waals surface area contributed by atoms with E-state index in [1.807, 2.05) is 48.5 Å². The van der Waals surface area contributed by atoms with Crippen LogP contribution in [0.25, 0.3) is 0 Å². The van der Waals surface area contributed by atoms with Crippen LogP contribution < -0.4 is 0 Å². The van der Waals surface area contributed by atoms with Gasteiger partial charge in [-0.1, -0.05) is 78.9 Å². The lowest BCUT2D eigenvalue weighted by Crippen LogP contribution is -2.70. The van der Waals surface area contributed by atoms with Crippen molar-refractivity contribution in [2.75, 3.05) is 19.8 Å².